The molecule has 0 saturated carbocycles. The van der Waals surface area contributed by atoms with Gasteiger partial charge >= 0.3 is 0 Å². The Morgan fingerprint density at radius 3 is 2.73 bits per heavy atom. The number of fused-ring (bicyclic) bond motifs is 1. The topological polar surface area (TPSA) is 68.2 Å². The lowest BCUT2D eigenvalue weighted by molar-refractivity contribution is 0.930. The third-order valence-corrected chi connectivity index (χ3v) is 4.50. The summed E-state index contributed by atoms with van der Waals surface area (Å²) in [6.07, 6.45) is 1.82. The molecule has 0 radical (unpaired) electrons. The van der Waals surface area contributed by atoms with Gasteiger partial charge < -0.3 is 11.1 Å². The van der Waals surface area contributed by atoms with Crippen LogP contribution in [0.1, 0.15) is 16.7 Å². The molecule has 4 rings (SSSR count). The van der Waals surface area contributed by atoms with Crippen molar-refractivity contribution in [3.05, 3.63) is 77.5 Å². The van der Waals surface area contributed by atoms with Crippen molar-refractivity contribution in [3.8, 4) is 11.3 Å². The summed E-state index contributed by atoms with van der Waals surface area (Å²) in [5, 5.41) is 8.11. The van der Waals surface area contributed by atoms with Gasteiger partial charge in [-0.3, -0.25) is 0 Å². The van der Waals surface area contributed by atoms with Gasteiger partial charge in [-0.25, -0.2) is 9.50 Å². The number of nitrogens with one attached hydrogen (secondary N) is 1. The molecule has 0 saturated heterocycles. The number of aromatic nitrogens is 3. The summed E-state index contributed by atoms with van der Waals surface area (Å²) in [5.41, 5.74) is 13.2. The van der Waals surface area contributed by atoms with E-state index in [0.717, 1.165) is 35.0 Å². The van der Waals surface area contributed by atoms with Crippen molar-refractivity contribution in [2.45, 2.75) is 20.4 Å². The molecule has 0 bridgehead atoms. The highest BCUT2D eigenvalue weighted by atomic mass is 15.3. The van der Waals surface area contributed by atoms with Gasteiger partial charge in [0.1, 0.15) is 5.82 Å². The molecule has 0 aliphatic rings. The number of imidazole rings is 1. The number of hydrogen-bond acceptors (Lipinski definition) is 4. The van der Waals surface area contributed by atoms with Crippen LogP contribution in [0.5, 0.6) is 0 Å². The number of aryl methyl sites for hydroxylation is 2. The standard InChI is InChI=1S/C21H21N5/c1-14-6-7-17(15(2)10-14)12-23-20-8-9-21-24-13-19(26(21)25-20)16-4-3-5-18(22)11-16/h3-11,13H,12,22H2,1-2H3,(H,23,25). The zero-order valence-corrected chi connectivity index (χ0v) is 14.9. The highest BCUT2D eigenvalue weighted by Gasteiger charge is 2.08. The van der Waals surface area contributed by atoms with E-state index in [0.29, 0.717) is 0 Å². The minimum Gasteiger partial charge on any atom is -0.399 e. The van der Waals surface area contributed by atoms with Crippen LogP contribution in [0.2, 0.25) is 0 Å². The Morgan fingerprint density at radius 2 is 1.92 bits per heavy atom. The Hall–Kier alpha value is -3.34. The van der Waals surface area contributed by atoms with Crippen LogP contribution in [0, 0.1) is 13.8 Å². The first kappa shape index (κ1) is 16.1. The van der Waals surface area contributed by atoms with Crippen molar-refractivity contribution in [1.82, 2.24) is 14.6 Å². The summed E-state index contributed by atoms with van der Waals surface area (Å²) in [6, 6.07) is 18.2. The Labute approximate surface area is 152 Å². The predicted molar refractivity (Wildman–Crippen MR) is 106 cm³/mol. The molecule has 0 spiro atoms. The molecule has 0 fully saturated rings. The number of nitrogen functional groups attached to an aromatic ring is 1. The van der Waals surface area contributed by atoms with Gasteiger partial charge in [0.05, 0.1) is 11.9 Å². The number of rotatable bonds is 4. The largest absolute Gasteiger partial charge is 0.399 e. The van der Waals surface area contributed by atoms with Crippen molar-refractivity contribution >= 4 is 17.2 Å². The van der Waals surface area contributed by atoms with Crippen molar-refractivity contribution in [3.63, 3.8) is 0 Å². The lowest BCUT2D eigenvalue weighted by Crippen LogP contribution is -2.06. The monoisotopic (exact) mass is 343 g/mol. The van der Waals surface area contributed by atoms with E-state index in [4.69, 9.17) is 10.8 Å². The first-order valence-corrected chi connectivity index (χ1v) is 8.61. The van der Waals surface area contributed by atoms with Gasteiger partial charge in [0.2, 0.25) is 0 Å². The van der Waals surface area contributed by atoms with Gasteiger partial charge in [0, 0.05) is 17.8 Å². The maximum Gasteiger partial charge on any atom is 0.154 e. The first-order valence-electron chi connectivity index (χ1n) is 8.61. The average molecular weight is 343 g/mol. The molecule has 0 unspecified atom stereocenters. The predicted octanol–water partition coefficient (Wildman–Crippen LogP) is 4.21. The molecule has 4 aromatic rings. The summed E-state index contributed by atoms with van der Waals surface area (Å²) < 4.78 is 1.85. The van der Waals surface area contributed by atoms with E-state index in [-0.39, 0.29) is 0 Å². The molecule has 0 aliphatic carbocycles. The van der Waals surface area contributed by atoms with E-state index >= 15 is 0 Å². The van der Waals surface area contributed by atoms with Gasteiger partial charge in [0.25, 0.3) is 0 Å². The Kier molecular flexibility index (Phi) is 4.05. The van der Waals surface area contributed by atoms with Gasteiger partial charge in [-0.05, 0) is 49.2 Å². The van der Waals surface area contributed by atoms with E-state index in [1.807, 2.05) is 47.1 Å². The second-order valence-electron chi connectivity index (χ2n) is 6.54. The maximum absolute atomic E-state index is 5.91. The summed E-state index contributed by atoms with van der Waals surface area (Å²) in [4.78, 5) is 4.44. The van der Waals surface area contributed by atoms with E-state index in [2.05, 4.69) is 42.3 Å². The smallest absolute Gasteiger partial charge is 0.154 e. The van der Waals surface area contributed by atoms with E-state index < -0.39 is 0 Å². The Bertz CT molecular complexity index is 1080. The average Bonchev–Trinajstić information content (AvgIpc) is 3.04. The highest BCUT2D eigenvalue weighted by Crippen LogP contribution is 2.23. The minimum absolute atomic E-state index is 0.724. The molecule has 26 heavy (non-hydrogen) atoms. The summed E-state index contributed by atoms with van der Waals surface area (Å²) in [5.74, 6) is 0.806. The number of anilines is 2. The second kappa shape index (κ2) is 6.52. The molecule has 0 amide bonds. The zero-order chi connectivity index (χ0) is 18.1. The van der Waals surface area contributed by atoms with Crippen LogP contribution in [0.25, 0.3) is 16.9 Å². The first-order chi connectivity index (χ1) is 12.6. The van der Waals surface area contributed by atoms with E-state index in [1.54, 1.807) is 0 Å². The fourth-order valence-corrected chi connectivity index (χ4v) is 3.09. The molecule has 2 aromatic carbocycles. The summed E-state index contributed by atoms with van der Waals surface area (Å²) in [6.45, 7) is 4.97. The van der Waals surface area contributed by atoms with E-state index in [9.17, 15) is 0 Å². The summed E-state index contributed by atoms with van der Waals surface area (Å²) in [7, 11) is 0. The van der Waals surface area contributed by atoms with E-state index in [1.165, 1.54) is 16.7 Å². The van der Waals surface area contributed by atoms with Crippen LogP contribution >= 0.6 is 0 Å². The molecular formula is C21H21N5. The SMILES string of the molecule is Cc1ccc(CNc2ccc3ncc(-c4cccc(N)c4)n3n2)c(C)c1. The fourth-order valence-electron chi connectivity index (χ4n) is 3.09. The molecule has 5 heteroatoms. The summed E-state index contributed by atoms with van der Waals surface area (Å²) >= 11 is 0. The van der Waals surface area contributed by atoms with Gasteiger partial charge in [-0.2, -0.15) is 0 Å². The minimum atomic E-state index is 0.724. The maximum atomic E-state index is 5.91. The van der Waals surface area contributed by atoms with Crippen LogP contribution in [0.3, 0.4) is 0 Å². The number of benzene rings is 2. The molecule has 130 valence electrons. The number of nitrogens with zero attached hydrogens (tertiary/aromatic N) is 3. The second-order valence-corrected chi connectivity index (χ2v) is 6.54. The molecule has 2 aromatic heterocycles. The third kappa shape index (κ3) is 3.11. The molecule has 2 heterocycles. The lowest BCUT2D eigenvalue weighted by atomic mass is 10.1. The zero-order valence-electron chi connectivity index (χ0n) is 14.9. The van der Waals surface area contributed by atoms with Crippen LogP contribution in [0.4, 0.5) is 11.5 Å². The Balaban J connectivity index is 1.63. The van der Waals surface area contributed by atoms with Crippen molar-refractivity contribution in [2.24, 2.45) is 0 Å². The third-order valence-electron chi connectivity index (χ3n) is 4.50. The quantitative estimate of drug-likeness (QED) is 0.545. The molecule has 3 N–H and O–H groups in total. The van der Waals surface area contributed by atoms with Gasteiger partial charge in [0.15, 0.2) is 5.65 Å². The molecule has 5 nitrogen and oxygen atoms in total. The van der Waals surface area contributed by atoms with Crippen LogP contribution in [0.15, 0.2) is 60.8 Å². The Morgan fingerprint density at radius 1 is 1.04 bits per heavy atom. The number of nitrogens with two attached hydrogens (primary N) is 1. The van der Waals surface area contributed by atoms with Gasteiger partial charge in [-0.15, -0.1) is 5.10 Å². The fraction of sp³-hybridized carbons (Fsp3) is 0.143. The van der Waals surface area contributed by atoms with Crippen LogP contribution < -0.4 is 11.1 Å². The van der Waals surface area contributed by atoms with Crippen molar-refractivity contribution < 1.29 is 0 Å². The van der Waals surface area contributed by atoms with Crippen molar-refractivity contribution in [2.75, 3.05) is 11.1 Å². The molecule has 0 atom stereocenters. The normalized spacial score (nSPS) is 11.0. The molecule has 0 aliphatic heterocycles. The van der Waals surface area contributed by atoms with Crippen LogP contribution in [-0.4, -0.2) is 14.6 Å². The van der Waals surface area contributed by atoms with Crippen LogP contribution in [-0.2, 0) is 6.54 Å². The number of hydrogen-bond donors (Lipinski definition) is 2. The van der Waals surface area contributed by atoms with Gasteiger partial charge in [-0.1, -0.05) is 35.9 Å². The van der Waals surface area contributed by atoms with Crippen molar-refractivity contribution in [1.29, 1.82) is 0 Å². The lowest BCUT2D eigenvalue weighted by Gasteiger charge is -2.10. The molecular weight excluding hydrogens is 322 g/mol. The highest BCUT2D eigenvalue weighted by molar-refractivity contribution is 5.67.